The third-order valence-corrected chi connectivity index (χ3v) is 13.0. The molecule has 4 fully saturated rings. The minimum absolute atomic E-state index is 0.0375. The van der Waals surface area contributed by atoms with Crippen LogP contribution in [-0.4, -0.2) is 74.9 Å². The molecule has 0 spiro atoms. The van der Waals surface area contributed by atoms with E-state index in [0.29, 0.717) is 47.4 Å². The Balaban J connectivity index is 1.06. The Morgan fingerprint density at radius 3 is 2.31 bits per heavy atom. The minimum Gasteiger partial charge on any atom is -0.489 e. The molecular weight excluding hydrogens is 815 g/mol. The van der Waals surface area contributed by atoms with E-state index in [9.17, 15) is 26.8 Å². The second kappa shape index (κ2) is 18.6. The second-order valence-corrected chi connectivity index (χ2v) is 17.7. The lowest BCUT2D eigenvalue weighted by molar-refractivity contribution is -0.160. The number of piperidine rings is 3. The molecule has 4 aliphatic rings. The Hall–Kier alpha value is -4.50. The first-order valence-corrected chi connectivity index (χ1v) is 21.6. The first-order valence-electron chi connectivity index (χ1n) is 19.2. The number of fused-ring (bicyclic) bond motifs is 3. The fourth-order valence-electron chi connectivity index (χ4n) is 7.25. The molecule has 1 aliphatic carbocycles. The van der Waals surface area contributed by atoms with Gasteiger partial charge < -0.3 is 24.3 Å². The fraction of sp³-hybridized carbons (Fsp3) is 0.405. The summed E-state index contributed by atoms with van der Waals surface area (Å²) in [6.07, 6.45) is 4.75. The molecule has 8 rings (SSSR count). The van der Waals surface area contributed by atoms with Crippen LogP contribution < -0.4 is 14.8 Å². The van der Waals surface area contributed by atoms with E-state index in [4.69, 9.17) is 37.4 Å². The van der Waals surface area contributed by atoms with Crippen molar-refractivity contribution in [1.29, 1.82) is 0 Å². The number of anilines is 1. The van der Waals surface area contributed by atoms with Crippen LogP contribution in [0.5, 0.6) is 11.5 Å². The molecule has 1 unspecified atom stereocenters. The largest absolute Gasteiger partial charge is 0.489 e. The van der Waals surface area contributed by atoms with Crippen LogP contribution in [0.1, 0.15) is 60.9 Å². The number of ether oxygens (including phenoxy) is 4. The molecule has 3 aliphatic heterocycles. The van der Waals surface area contributed by atoms with E-state index in [1.54, 1.807) is 24.3 Å². The Morgan fingerprint density at radius 1 is 0.897 bits per heavy atom. The molecule has 4 aromatic rings. The number of esters is 2. The van der Waals surface area contributed by atoms with Crippen molar-refractivity contribution in [3.05, 3.63) is 112 Å². The highest BCUT2D eigenvalue weighted by atomic mass is 35.5. The van der Waals surface area contributed by atoms with Crippen molar-refractivity contribution in [1.82, 2.24) is 9.88 Å². The predicted octanol–water partition coefficient (Wildman–Crippen LogP) is 8.26. The number of nitrogens with zero attached hydrogens (tertiary/aromatic N) is 2. The number of carbonyl (C=O) groups excluding carboxylic acids is 2. The van der Waals surface area contributed by atoms with Crippen LogP contribution in [0.15, 0.2) is 90.1 Å². The Morgan fingerprint density at radius 2 is 1.64 bits per heavy atom. The summed E-state index contributed by atoms with van der Waals surface area (Å²) in [4.78, 5) is 33.4. The lowest BCUT2D eigenvalue weighted by Crippen LogP contribution is -2.52. The molecule has 16 heteroatoms. The van der Waals surface area contributed by atoms with Crippen molar-refractivity contribution in [3.8, 4) is 11.5 Å². The van der Waals surface area contributed by atoms with Gasteiger partial charge in [0.2, 0.25) is 0 Å². The van der Waals surface area contributed by atoms with Gasteiger partial charge in [-0.3, -0.25) is 14.7 Å². The van der Waals surface area contributed by atoms with Gasteiger partial charge in [0.05, 0.1) is 33.7 Å². The topological polar surface area (TPSA) is 133 Å². The maximum atomic E-state index is 13.7. The van der Waals surface area contributed by atoms with Gasteiger partial charge in [0.25, 0.3) is 0 Å². The molecule has 0 amide bonds. The summed E-state index contributed by atoms with van der Waals surface area (Å²) in [7, 11) is -4.05. The summed E-state index contributed by atoms with van der Waals surface area (Å²) < 4.78 is 76.3. The third-order valence-electron chi connectivity index (χ3n) is 10.7. The molecule has 3 atom stereocenters. The van der Waals surface area contributed by atoms with Crippen molar-refractivity contribution < 1.29 is 45.7 Å². The van der Waals surface area contributed by atoms with Gasteiger partial charge in [0.15, 0.2) is 27.4 Å². The van der Waals surface area contributed by atoms with Gasteiger partial charge in [-0.15, -0.1) is 0 Å². The summed E-state index contributed by atoms with van der Waals surface area (Å²) in [5, 5.41) is 3.59. The smallest absolute Gasteiger partial charge is 0.387 e. The van der Waals surface area contributed by atoms with Crippen molar-refractivity contribution in [3.63, 3.8) is 0 Å². The Kier molecular flexibility index (Phi) is 13.4. The molecule has 1 N–H and O–H groups in total. The minimum atomic E-state index is -4.05. The first kappa shape index (κ1) is 41.7. The van der Waals surface area contributed by atoms with Crippen LogP contribution in [0.2, 0.25) is 10.0 Å². The van der Waals surface area contributed by atoms with Gasteiger partial charge in [0.1, 0.15) is 12.2 Å². The van der Waals surface area contributed by atoms with Crippen LogP contribution in [0.25, 0.3) is 0 Å². The highest BCUT2D eigenvalue weighted by Crippen LogP contribution is 2.38. The molecule has 4 heterocycles. The maximum absolute atomic E-state index is 13.7. The van der Waals surface area contributed by atoms with E-state index >= 15 is 0 Å². The van der Waals surface area contributed by atoms with Crippen LogP contribution >= 0.6 is 23.2 Å². The van der Waals surface area contributed by atoms with Gasteiger partial charge in [-0.05, 0) is 97.6 Å². The Bertz CT molecular complexity index is 2170. The maximum Gasteiger partial charge on any atom is 0.387 e. The molecule has 1 saturated carbocycles. The van der Waals surface area contributed by atoms with E-state index in [2.05, 4.69) is 19.9 Å². The standard InChI is InChI=1S/C42H43Cl2F2N3O8S/c43-33-22-47-23-34(44)32(33)21-36(29-11-12-35(57-42(45)46)37(19-29)54-25-26-9-10-26)55-39(50)15-18-58(52,53)31-8-4-7-30(20-31)48-40(28-5-2-1-3-6-28)41(51)56-38-24-49-16-13-27(38)14-17-49/h1-8,11-12,19-20,22-23,26-27,36,38,40,42,48H,9-10,13-18,21,24-25H2/t36-,38-,40?/m0/s1. The normalized spacial score (nSPS) is 19.9. The molecule has 3 aromatic carbocycles. The van der Waals surface area contributed by atoms with Crippen LogP contribution in [0.3, 0.4) is 0 Å². The van der Waals surface area contributed by atoms with Crippen molar-refractivity contribution in [2.75, 3.05) is 37.3 Å². The van der Waals surface area contributed by atoms with Gasteiger partial charge >= 0.3 is 18.6 Å². The summed E-state index contributed by atoms with van der Waals surface area (Å²) in [6.45, 7) is -0.115. The monoisotopic (exact) mass is 857 g/mol. The molecule has 58 heavy (non-hydrogen) atoms. The van der Waals surface area contributed by atoms with E-state index < -0.39 is 52.7 Å². The molecule has 2 bridgehead atoms. The summed E-state index contributed by atoms with van der Waals surface area (Å²) in [5.41, 5.74) is 1.79. The van der Waals surface area contributed by atoms with E-state index in [1.807, 2.05) is 18.2 Å². The summed E-state index contributed by atoms with van der Waals surface area (Å²) >= 11 is 12.8. The SMILES string of the molecule is O=C(CCS(=O)(=O)c1cccc(NC(C(=O)O[C@H]2CN3CCC2CC3)c2ccccc2)c1)O[C@@H](Cc1c(Cl)cncc1Cl)c1ccc(OC(F)F)c(OCC2CC2)c1. The van der Waals surface area contributed by atoms with Gasteiger partial charge in [-0.25, -0.2) is 13.2 Å². The average molecular weight is 859 g/mol. The van der Waals surface area contributed by atoms with Gasteiger partial charge in [-0.1, -0.05) is 65.7 Å². The lowest BCUT2D eigenvalue weighted by atomic mass is 9.86. The van der Waals surface area contributed by atoms with E-state index in [-0.39, 0.29) is 39.0 Å². The van der Waals surface area contributed by atoms with Gasteiger partial charge in [0, 0.05) is 31.0 Å². The second-order valence-electron chi connectivity index (χ2n) is 14.8. The zero-order valence-electron chi connectivity index (χ0n) is 31.4. The van der Waals surface area contributed by atoms with Crippen molar-refractivity contribution in [2.45, 2.75) is 68.3 Å². The number of hydrogen-bond donors (Lipinski definition) is 1. The quantitative estimate of drug-likeness (QED) is 0.0970. The average Bonchev–Trinajstić information content (AvgIpc) is 4.05. The molecule has 308 valence electrons. The fourth-order valence-corrected chi connectivity index (χ4v) is 9.04. The third kappa shape index (κ3) is 10.8. The number of halogens is 4. The number of pyridine rings is 1. The van der Waals surface area contributed by atoms with Crippen LogP contribution in [0, 0.1) is 11.8 Å². The number of nitrogens with one attached hydrogen (secondary N) is 1. The number of rotatable bonds is 18. The summed E-state index contributed by atoms with van der Waals surface area (Å²) in [6, 6.07) is 18.4. The van der Waals surface area contributed by atoms with E-state index in [1.165, 1.54) is 42.7 Å². The van der Waals surface area contributed by atoms with E-state index in [0.717, 1.165) is 38.8 Å². The number of carbonyl (C=O) groups is 2. The number of sulfone groups is 1. The number of alkyl halides is 2. The van der Waals surface area contributed by atoms with Crippen molar-refractivity contribution in [2.24, 2.45) is 11.8 Å². The number of aromatic nitrogens is 1. The molecule has 1 aromatic heterocycles. The Labute approximate surface area is 345 Å². The molecule has 11 nitrogen and oxygen atoms in total. The number of hydrogen-bond acceptors (Lipinski definition) is 11. The summed E-state index contributed by atoms with van der Waals surface area (Å²) in [5.74, 6) is -1.45. The highest BCUT2D eigenvalue weighted by molar-refractivity contribution is 7.91. The number of benzene rings is 3. The highest BCUT2D eigenvalue weighted by Gasteiger charge is 2.38. The first-order chi connectivity index (χ1) is 27.9. The molecule has 0 radical (unpaired) electrons. The molecule has 3 saturated heterocycles. The van der Waals surface area contributed by atoms with Crippen LogP contribution in [-0.2, 0) is 35.3 Å². The zero-order chi connectivity index (χ0) is 40.8. The van der Waals surface area contributed by atoms with Gasteiger partial charge in [-0.2, -0.15) is 8.78 Å². The van der Waals surface area contributed by atoms with Crippen LogP contribution in [0.4, 0.5) is 14.5 Å². The zero-order valence-corrected chi connectivity index (χ0v) is 33.7. The molecular formula is C42H43Cl2F2N3O8S. The predicted molar refractivity (Wildman–Crippen MR) is 213 cm³/mol. The lowest BCUT2D eigenvalue weighted by Gasteiger charge is -2.44. The van der Waals surface area contributed by atoms with Crippen molar-refractivity contribution >= 4 is 50.7 Å².